The predicted molar refractivity (Wildman–Crippen MR) is 102 cm³/mol. The van der Waals surface area contributed by atoms with Crippen molar-refractivity contribution >= 4 is 15.7 Å². The van der Waals surface area contributed by atoms with Gasteiger partial charge in [0.05, 0.1) is 16.1 Å². The molecule has 0 saturated heterocycles. The topological polar surface area (TPSA) is 99.2 Å². The maximum absolute atomic E-state index is 11.4. The molecule has 0 aromatic heterocycles. The quantitative estimate of drug-likeness (QED) is 0.622. The van der Waals surface area contributed by atoms with Crippen molar-refractivity contribution in [3.63, 3.8) is 0 Å². The molecule has 3 N–H and O–H groups in total. The summed E-state index contributed by atoms with van der Waals surface area (Å²) in [5.41, 5.74) is 0.825. The smallest absolute Gasteiger partial charge is 0.238 e. The second kappa shape index (κ2) is 9.37. The molecular weight excluding hydrogens is 336 g/mol. The van der Waals surface area contributed by atoms with E-state index < -0.39 is 10.0 Å². The molecule has 1 rings (SSSR count). The van der Waals surface area contributed by atoms with Crippen LogP contribution >= 0.6 is 0 Å². The molecule has 0 amide bonds. The fraction of sp³-hybridized carbons (Fsp3) is 0.389. The molecule has 25 heavy (non-hydrogen) atoms. The van der Waals surface area contributed by atoms with Crippen LogP contribution in [0, 0.1) is 17.2 Å². The summed E-state index contributed by atoms with van der Waals surface area (Å²) in [6.45, 7) is 13.9. The van der Waals surface area contributed by atoms with Gasteiger partial charge in [0.15, 0.2) is 0 Å². The summed E-state index contributed by atoms with van der Waals surface area (Å²) < 4.78 is 22.8. The Kier molecular flexibility index (Phi) is 7.84. The number of rotatable bonds is 10. The molecule has 0 spiro atoms. The van der Waals surface area contributed by atoms with E-state index in [9.17, 15) is 13.7 Å². The monoisotopic (exact) mass is 362 g/mol. The van der Waals surface area contributed by atoms with Crippen LogP contribution in [0.5, 0.6) is 0 Å². The second-order valence-corrected chi connectivity index (χ2v) is 7.65. The fourth-order valence-corrected chi connectivity index (χ4v) is 3.16. The summed E-state index contributed by atoms with van der Waals surface area (Å²) in [4.78, 5) is 2.16. The third-order valence-electron chi connectivity index (χ3n) is 3.91. The van der Waals surface area contributed by atoms with Gasteiger partial charge >= 0.3 is 0 Å². The normalized spacial score (nSPS) is 12.6. The minimum Gasteiger partial charge on any atom is -0.382 e. The maximum atomic E-state index is 11.4. The zero-order chi connectivity index (χ0) is 19.0. The van der Waals surface area contributed by atoms with E-state index in [1.165, 1.54) is 12.1 Å². The van der Waals surface area contributed by atoms with Crippen molar-refractivity contribution in [1.29, 1.82) is 5.26 Å². The van der Waals surface area contributed by atoms with Crippen molar-refractivity contribution in [1.82, 2.24) is 4.90 Å². The van der Waals surface area contributed by atoms with Crippen molar-refractivity contribution in [3.05, 3.63) is 49.1 Å². The van der Waals surface area contributed by atoms with Gasteiger partial charge in [0, 0.05) is 25.7 Å². The summed E-state index contributed by atoms with van der Waals surface area (Å²) in [6.07, 6.45) is 3.70. The molecule has 136 valence electrons. The van der Waals surface area contributed by atoms with Crippen LogP contribution in [0.2, 0.25) is 0 Å². The first-order chi connectivity index (χ1) is 11.7. The van der Waals surface area contributed by atoms with Gasteiger partial charge in [-0.05, 0) is 24.1 Å². The summed E-state index contributed by atoms with van der Waals surface area (Å²) in [7, 11) is -3.83. The molecule has 0 aliphatic rings. The summed E-state index contributed by atoms with van der Waals surface area (Å²) >= 11 is 0. The summed E-state index contributed by atoms with van der Waals surface area (Å²) in [6, 6.07) is 6.46. The van der Waals surface area contributed by atoms with Gasteiger partial charge in [-0.3, -0.25) is 4.90 Å². The van der Waals surface area contributed by atoms with Gasteiger partial charge in [0.1, 0.15) is 6.07 Å². The Bertz CT molecular complexity index is 741. The van der Waals surface area contributed by atoms with E-state index in [0.717, 1.165) is 13.1 Å². The number of sulfonamides is 1. The number of benzene rings is 1. The van der Waals surface area contributed by atoms with Crippen LogP contribution in [0.25, 0.3) is 0 Å². The first-order valence-corrected chi connectivity index (χ1v) is 9.55. The molecular formula is C18H26N4O2S. The Morgan fingerprint density at radius 2 is 1.92 bits per heavy atom. The molecule has 0 aliphatic carbocycles. The van der Waals surface area contributed by atoms with Crippen LogP contribution in [0.15, 0.2) is 48.4 Å². The largest absolute Gasteiger partial charge is 0.382 e. The first-order valence-electron chi connectivity index (χ1n) is 8.01. The molecule has 1 aromatic rings. The highest BCUT2D eigenvalue weighted by molar-refractivity contribution is 7.89. The van der Waals surface area contributed by atoms with E-state index in [2.05, 4.69) is 37.2 Å². The van der Waals surface area contributed by atoms with E-state index in [0.29, 0.717) is 18.2 Å². The van der Waals surface area contributed by atoms with Crippen LogP contribution < -0.4 is 10.5 Å². The average Bonchev–Trinajstić information content (AvgIpc) is 2.54. The Hall–Kier alpha value is -2.14. The van der Waals surface area contributed by atoms with Crippen LogP contribution in [-0.4, -0.2) is 39.0 Å². The number of nitrogens with one attached hydrogen (secondary N) is 1. The molecule has 6 nitrogen and oxygen atoms in total. The predicted octanol–water partition coefficient (Wildman–Crippen LogP) is 2.32. The lowest BCUT2D eigenvalue weighted by Crippen LogP contribution is -2.43. The zero-order valence-electron chi connectivity index (χ0n) is 14.8. The van der Waals surface area contributed by atoms with Gasteiger partial charge in [-0.2, -0.15) is 5.26 Å². The van der Waals surface area contributed by atoms with E-state index in [4.69, 9.17) is 5.14 Å². The van der Waals surface area contributed by atoms with Crippen LogP contribution in [-0.2, 0) is 10.0 Å². The van der Waals surface area contributed by atoms with Crippen LogP contribution in [0.3, 0.4) is 0 Å². The molecule has 1 aromatic carbocycles. The van der Waals surface area contributed by atoms with Gasteiger partial charge < -0.3 is 5.32 Å². The number of hydrogen-bond donors (Lipinski definition) is 2. The molecule has 0 aliphatic heterocycles. The number of nitrogens with zero attached hydrogens (tertiary/aromatic N) is 2. The summed E-state index contributed by atoms with van der Waals surface area (Å²) in [5.74, 6) is 0.363. The number of nitrogens with two attached hydrogens (primary N) is 1. The molecule has 1 unspecified atom stereocenters. The van der Waals surface area contributed by atoms with Crippen LogP contribution in [0.1, 0.15) is 19.4 Å². The van der Waals surface area contributed by atoms with Gasteiger partial charge in [-0.25, -0.2) is 13.6 Å². The van der Waals surface area contributed by atoms with Crippen molar-refractivity contribution in [2.75, 3.05) is 25.0 Å². The van der Waals surface area contributed by atoms with E-state index in [-0.39, 0.29) is 16.5 Å². The standard InChI is InChI=1S/C18H26N4O2S/c1-5-9-22(10-6-2)18(14(3)4)13-21-17-8-7-16(25(20,23)24)11-15(17)12-19/h5-8,11,14,18,21H,1-2,9-10,13H2,3-4H3,(H2,20,23,24). The van der Waals surface area contributed by atoms with Crippen molar-refractivity contribution in [3.8, 4) is 6.07 Å². The zero-order valence-corrected chi connectivity index (χ0v) is 15.6. The average molecular weight is 362 g/mol. The van der Waals surface area contributed by atoms with Gasteiger partial charge in [0.25, 0.3) is 0 Å². The highest BCUT2D eigenvalue weighted by atomic mass is 32.2. The third-order valence-corrected chi connectivity index (χ3v) is 4.82. The van der Waals surface area contributed by atoms with E-state index >= 15 is 0 Å². The number of hydrogen-bond acceptors (Lipinski definition) is 5. The Balaban J connectivity index is 3.02. The van der Waals surface area contributed by atoms with Gasteiger partial charge in [-0.1, -0.05) is 26.0 Å². The SMILES string of the molecule is C=CCN(CC=C)C(CNc1ccc(S(N)(=O)=O)cc1C#N)C(C)C. The molecule has 0 bridgehead atoms. The molecule has 0 fully saturated rings. The van der Waals surface area contributed by atoms with Gasteiger partial charge in [0.2, 0.25) is 10.0 Å². The Morgan fingerprint density at radius 1 is 1.32 bits per heavy atom. The first kappa shape index (κ1) is 20.9. The number of anilines is 1. The molecule has 0 radical (unpaired) electrons. The lowest BCUT2D eigenvalue weighted by molar-refractivity contribution is 0.199. The number of nitriles is 1. The highest BCUT2D eigenvalue weighted by Gasteiger charge is 2.20. The lowest BCUT2D eigenvalue weighted by atomic mass is 10.0. The minimum atomic E-state index is -3.83. The van der Waals surface area contributed by atoms with Crippen LogP contribution in [0.4, 0.5) is 5.69 Å². The van der Waals surface area contributed by atoms with Crippen molar-refractivity contribution in [2.45, 2.75) is 24.8 Å². The fourth-order valence-electron chi connectivity index (χ4n) is 2.62. The molecule has 0 heterocycles. The van der Waals surface area contributed by atoms with Crippen molar-refractivity contribution < 1.29 is 8.42 Å². The number of primary sulfonamides is 1. The maximum Gasteiger partial charge on any atom is 0.238 e. The Labute approximate surface area is 150 Å². The second-order valence-electron chi connectivity index (χ2n) is 6.09. The van der Waals surface area contributed by atoms with Crippen molar-refractivity contribution in [2.24, 2.45) is 11.1 Å². The van der Waals surface area contributed by atoms with E-state index in [1.807, 2.05) is 18.2 Å². The molecule has 0 saturated carbocycles. The lowest BCUT2D eigenvalue weighted by Gasteiger charge is -2.33. The molecule has 7 heteroatoms. The molecule has 1 atom stereocenters. The highest BCUT2D eigenvalue weighted by Crippen LogP contribution is 2.20. The Morgan fingerprint density at radius 3 is 2.36 bits per heavy atom. The summed E-state index contributed by atoms with van der Waals surface area (Å²) in [5, 5.41) is 17.7. The van der Waals surface area contributed by atoms with Gasteiger partial charge in [-0.15, -0.1) is 13.2 Å². The van der Waals surface area contributed by atoms with E-state index in [1.54, 1.807) is 6.07 Å². The minimum absolute atomic E-state index is 0.0741. The third kappa shape index (κ3) is 6.02.